The van der Waals surface area contributed by atoms with Gasteiger partial charge in [-0.15, -0.1) is 0 Å². The highest BCUT2D eigenvalue weighted by Gasteiger charge is 2.60. The van der Waals surface area contributed by atoms with Crippen LogP contribution in [0, 0.1) is 28.6 Å². The molecule has 0 spiro atoms. The summed E-state index contributed by atoms with van der Waals surface area (Å²) in [5.41, 5.74) is 0.973. The van der Waals surface area contributed by atoms with Crippen LogP contribution in [0.2, 0.25) is 0 Å². The summed E-state index contributed by atoms with van der Waals surface area (Å²) < 4.78 is 0. The molecule has 3 aliphatic carbocycles. The zero-order valence-corrected chi connectivity index (χ0v) is 14.0. The van der Waals surface area contributed by atoms with Gasteiger partial charge in [0.25, 0.3) is 0 Å². The van der Waals surface area contributed by atoms with Gasteiger partial charge in [0.05, 0.1) is 5.41 Å². The van der Waals surface area contributed by atoms with Crippen molar-refractivity contribution in [2.75, 3.05) is 6.54 Å². The second-order valence-electron chi connectivity index (χ2n) is 7.92. The molecule has 1 aliphatic heterocycles. The average Bonchev–Trinajstić information content (AvgIpc) is 2.77. The topological polar surface area (TPSA) is 46.2 Å². The van der Waals surface area contributed by atoms with Crippen LogP contribution in [0.5, 0.6) is 0 Å². The number of carbonyl (C=O) groups is 2. The SMILES string of the molecule is C[C@]12C=CC(=O)C=C1C[C@@H](S)[C@@H]1[C@@H]2CC[C@]2(C)C(=O)NC[C@@H]12. The molecule has 22 heavy (non-hydrogen) atoms. The zero-order valence-electron chi connectivity index (χ0n) is 13.1. The summed E-state index contributed by atoms with van der Waals surface area (Å²) in [5, 5.41) is 3.32. The maximum atomic E-state index is 12.3. The molecule has 0 aromatic carbocycles. The number of hydrogen-bond acceptors (Lipinski definition) is 3. The molecule has 1 saturated heterocycles. The van der Waals surface area contributed by atoms with Crippen molar-refractivity contribution in [1.29, 1.82) is 0 Å². The highest BCUT2D eigenvalue weighted by Crippen LogP contribution is 2.62. The molecule has 1 amide bonds. The van der Waals surface area contributed by atoms with Gasteiger partial charge in [0.2, 0.25) is 5.91 Å². The lowest BCUT2D eigenvalue weighted by Gasteiger charge is -2.56. The number of rotatable bonds is 0. The van der Waals surface area contributed by atoms with Crippen LogP contribution in [-0.4, -0.2) is 23.5 Å². The molecule has 2 saturated carbocycles. The van der Waals surface area contributed by atoms with Crippen molar-refractivity contribution in [3.8, 4) is 0 Å². The smallest absolute Gasteiger partial charge is 0.226 e. The standard InChI is InChI=1S/C18H23NO2S/c1-17-5-3-11(20)7-10(17)8-14(22)15-12(17)4-6-18(2)13(15)9-19-16(18)21/h3,5,7,12-15,22H,4,6,8-9H2,1-2H3,(H,19,21)/t12-,13-,14+,15+,17-,18-/m0/s1. The lowest BCUT2D eigenvalue weighted by Crippen LogP contribution is -2.54. The van der Waals surface area contributed by atoms with E-state index in [4.69, 9.17) is 12.6 Å². The van der Waals surface area contributed by atoms with Gasteiger partial charge in [-0.25, -0.2) is 0 Å². The van der Waals surface area contributed by atoms with Crippen molar-refractivity contribution < 1.29 is 9.59 Å². The molecule has 0 unspecified atom stereocenters. The number of allylic oxidation sites excluding steroid dienone is 4. The Balaban J connectivity index is 1.77. The van der Waals surface area contributed by atoms with Gasteiger partial charge in [-0.3, -0.25) is 9.59 Å². The predicted molar refractivity (Wildman–Crippen MR) is 88.5 cm³/mol. The van der Waals surface area contributed by atoms with Gasteiger partial charge >= 0.3 is 0 Å². The van der Waals surface area contributed by atoms with Crippen molar-refractivity contribution in [2.45, 2.75) is 38.4 Å². The summed E-state index contributed by atoms with van der Waals surface area (Å²) in [5.74, 6) is 1.60. The third-order valence-corrected chi connectivity index (χ3v) is 7.50. The van der Waals surface area contributed by atoms with E-state index in [1.54, 1.807) is 6.08 Å². The molecule has 4 heteroatoms. The van der Waals surface area contributed by atoms with Crippen LogP contribution >= 0.6 is 12.6 Å². The van der Waals surface area contributed by atoms with E-state index in [0.717, 1.165) is 25.8 Å². The molecule has 3 nitrogen and oxygen atoms in total. The fourth-order valence-electron chi connectivity index (χ4n) is 5.56. The second-order valence-corrected chi connectivity index (χ2v) is 8.58. The number of amides is 1. The summed E-state index contributed by atoms with van der Waals surface area (Å²) in [4.78, 5) is 24.1. The summed E-state index contributed by atoms with van der Waals surface area (Å²) in [6.07, 6.45) is 8.51. The highest BCUT2D eigenvalue weighted by atomic mass is 32.1. The second kappa shape index (κ2) is 4.50. The molecule has 6 atom stereocenters. The quantitative estimate of drug-likeness (QED) is 0.675. The number of fused-ring (bicyclic) bond motifs is 5. The Labute approximate surface area is 137 Å². The average molecular weight is 317 g/mol. The maximum absolute atomic E-state index is 12.3. The van der Waals surface area contributed by atoms with Crippen molar-refractivity contribution in [3.05, 3.63) is 23.8 Å². The number of nitrogens with one attached hydrogen (secondary N) is 1. The van der Waals surface area contributed by atoms with Gasteiger partial charge in [0.15, 0.2) is 5.78 Å². The van der Waals surface area contributed by atoms with Gasteiger partial charge < -0.3 is 5.32 Å². The fraction of sp³-hybridized carbons (Fsp3) is 0.667. The Hall–Kier alpha value is -1.03. The van der Waals surface area contributed by atoms with Gasteiger partial charge in [-0.2, -0.15) is 12.6 Å². The van der Waals surface area contributed by atoms with Crippen LogP contribution in [0.15, 0.2) is 23.8 Å². The van der Waals surface area contributed by atoms with Crippen molar-refractivity contribution in [1.82, 2.24) is 5.32 Å². The molecule has 4 rings (SSSR count). The Morgan fingerprint density at radius 1 is 1.27 bits per heavy atom. The molecule has 4 aliphatic rings. The van der Waals surface area contributed by atoms with Crippen LogP contribution in [0.25, 0.3) is 0 Å². The van der Waals surface area contributed by atoms with E-state index in [0.29, 0.717) is 17.8 Å². The summed E-state index contributed by atoms with van der Waals surface area (Å²) in [6, 6.07) is 0. The molecule has 0 aromatic heterocycles. The van der Waals surface area contributed by atoms with Crippen molar-refractivity contribution >= 4 is 24.3 Å². The van der Waals surface area contributed by atoms with Crippen LogP contribution in [0.1, 0.15) is 33.1 Å². The van der Waals surface area contributed by atoms with E-state index in [1.807, 2.05) is 6.08 Å². The molecule has 0 radical (unpaired) electrons. The molecule has 118 valence electrons. The van der Waals surface area contributed by atoms with E-state index < -0.39 is 0 Å². The minimum atomic E-state index is -0.228. The number of hydrogen-bond donors (Lipinski definition) is 2. The van der Waals surface area contributed by atoms with Gasteiger partial charge in [0, 0.05) is 17.2 Å². The van der Waals surface area contributed by atoms with E-state index in [2.05, 4.69) is 25.2 Å². The normalized spacial score (nSPS) is 49.9. The summed E-state index contributed by atoms with van der Waals surface area (Å²) in [7, 11) is 0. The first kappa shape index (κ1) is 14.6. The maximum Gasteiger partial charge on any atom is 0.226 e. The molecule has 1 N–H and O–H groups in total. The minimum absolute atomic E-state index is 0.0369. The monoisotopic (exact) mass is 317 g/mol. The van der Waals surface area contributed by atoms with Gasteiger partial charge in [0.1, 0.15) is 0 Å². The fourth-order valence-corrected chi connectivity index (χ4v) is 6.17. The third-order valence-electron chi connectivity index (χ3n) is 6.97. The van der Waals surface area contributed by atoms with E-state index >= 15 is 0 Å². The molecule has 0 aromatic rings. The molecule has 3 fully saturated rings. The van der Waals surface area contributed by atoms with E-state index in [-0.39, 0.29) is 27.8 Å². The van der Waals surface area contributed by atoms with Crippen LogP contribution in [0.4, 0.5) is 0 Å². The van der Waals surface area contributed by atoms with Gasteiger partial charge in [-0.1, -0.05) is 25.5 Å². The van der Waals surface area contributed by atoms with Crippen LogP contribution < -0.4 is 5.32 Å². The Bertz CT molecular complexity index is 625. The lowest BCUT2D eigenvalue weighted by atomic mass is 9.48. The van der Waals surface area contributed by atoms with Gasteiger partial charge in [-0.05, 0) is 49.2 Å². The minimum Gasteiger partial charge on any atom is -0.355 e. The largest absolute Gasteiger partial charge is 0.355 e. The summed E-state index contributed by atoms with van der Waals surface area (Å²) in [6.45, 7) is 5.18. The number of thiol groups is 1. The van der Waals surface area contributed by atoms with E-state index in [9.17, 15) is 9.59 Å². The number of ketones is 1. The third kappa shape index (κ3) is 1.70. The van der Waals surface area contributed by atoms with Crippen LogP contribution in [-0.2, 0) is 9.59 Å². The molecular weight excluding hydrogens is 294 g/mol. The molecule has 1 heterocycles. The lowest BCUT2D eigenvalue weighted by molar-refractivity contribution is -0.132. The van der Waals surface area contributed by atoms with Crippen LogP contribution in [0.3, 0.4) is 0 Å². The van der Waals surface area contributed by atoms with Crippen molar-refractivity contribution in [2.24, 2.45) is 28.6 Å². The highest BCUT2D eigenvalue weighted by molar-refractivity contribution is 7.81. The molecule has 0 bridgehead atoms. The predicted octanol–water partition coefficient (Wildman–Crippen LogP) is 2.54. The first-order valence-corrected chi connectivity index (χ1v) is 8.78. The first-order valence-electron chi connectivity index (χ1n) is 8.27. The number of carbonyl (C=O) groups excluding carboxylic acids is 2. The Morgan fingerprint density at radius 2 is 2.05 bits per heavy atom. The first-order chi connectivity index (χ1) is 10.4. The Morgan fingerprint density at radius 3 is 2.82 bits per heavy atom. The van der Waals surface area contributed by atoms with E-state index in [1.165, 1.54) is 5.57 Å². The zero-order chi connectivity index (χ0) is 15.7. The Kier molecular flexibility index (Phi) is 2.98. The van der Waals surface area contributed by atoms with Crippen molar-refractivity contribution in [3.63, 3.8) is 0 Å². The molecular formula is C18H23NO2S. The summed E-state index contributed by atoms with van der Waals surface area (Å²) >= 11 is 4.90.